The van der Waals surface area contributed by atoms with Crippen molar-refractivity contribution in [3.05, 3.63) is 177 Å². The van der Waals surface area contributed by atoms with E-state index in [9.17, 15) is 0 Å². The number of fused-ring (bicyclic) bond motifs is 2. The molecule has 5 nitrogen and oxygen atoms in total. The number of pyridine rings is 1. The normalized spacial score (nSPS) is 14.1. The van der Waals surface area contributed by atoms with Crippen molar-refractivity contribution in [3.63, 3.8) is 0 Å². The Labute approximate surface area is 359 Å². The molecular weight excluding hydrogens is 904 g/mol. The van der Waals surface area contributed by atoms with E-state index >= 15 is 0 Å². The van der Waals surface area contributed by atoms with E-state index in [-0.39, 0.29) is 5.41 Å². The summed E-state index contributed by atoms with van der Waals surface area (Å²) in [6.45, 7) is 16.8. The minimum atomic E-state index is 0.0358. The molecule has 0 N–H and O–H groups in total. The fourth-order valence-electron chi connectivity index (χ4n) is 8.77. The number of ether oxygens (including phenoxy) is 1. The Morgan fingerprint density at radius 1 is 0.644 bits per heavy atom. The van der Waals surface area contributed by atoms with Crippen molar-refractivity contribution in [1.29, 1.82) is 0 Å². The molecule has 3 heterocycles. The third kappa shape index (κ3) is 7.00. The van der Waals surface area contributed by atoms with Crippen molar-refractivity contribution in [1.82, 2.24) is 14.1 Å². The molecule has 0 bridgehead atoms. The molecule has 298 valence electrons. The Kier molecular flexibility index (Phi) is 10.1. The van der Waals surface area contributed by atoms with E-state index in [1.165, 1.54) is 55.8 Å². The molecule has 1 aliphatic rings. The van der Waals surface area contributed by atoms with E-state index in [0.29, 0.717) is 5.92 Å². The molecule has 0 radical (unpaired) electrons. The average molecular weight is 954 g/mol. The Bertz CT molecular complexity index is 2850. The Morgan fingerprint density at radius 2 is 1.25 bits per heavy atom. The van der Waals surface area contributed by atoms with Crippen LogP contribution < -0.4 is 9.64 Å². The molecule has 0 spiro atoms. The van der Waals surface area contributed by atoms with Gasteiger partial charge in [0.1, 0.15) is 0 Å². The molecule has 2 aromatic heterocycles. The van der Waals surface area contributed by atoms with Crippen LogP contribution in [-0.4, -0.2) is 20.7 Å². The van der Waals surface area contributed by atoms with Crippen molar-refractivity contribution in [2.24, 2.45) is 0 Å². The van der Waals surface area contributed by atoms with Crippen molar-refractivity contribution in [2.75, 3.05) is 11.4 Å². The van der Waals surface area contributed by atoms with Gasteiger partial charge in [-0.2, -0.15) is 0 Å². The maximum atomic E-state index is 6.78. The minimum absolute atomic E-state index is 0.0358. The molecule has 8 aromatic rings. The van der Waals surface area contributed by atoms with Gasteiger partial charge in [-0.1, -0.05) is 20.8 Å². The van der Waals surface area contributed by atoms with Crippen LogP contribution in [0.5, 0.6) is 11.5 Å². The molecule has 1 aliphatic heterocycles. The molecule has 0 saturated heterocycles. The summed E-state index contributed by atoms with van der Waals surface area (Å²) in [6.07, 6.45) is 3.02. The number of imidazole rings is 1. The Hall–Kier alpha value is -5.77. The second kappa shape index (κ2) is 15.4. The Balaban J connectivity index is 1.18. The molecule has 0 saturated carbocycles. The molecular formula is C53H50N4OPt. The summed E-state index contributed by atoms with van der Waals surface area (Å²) in [5.41, 5.74) is 17.0. The van der Waals surface area contributed by atoms with Gasteiger partial charge in [0.25, 0.3) is 0 Å². The van der Waals surface area contributed by atoms with E-state index < -0.39 is 0 Å². The molecule has 1 atom stereocenters. The zero-order chi connectivity index (χ0) is 41.0. The molecule has 9 rings (SSSR count). The first-order chi connectivity index (χ1) is 28.5. The number of nitrogens with zero attached hydrogens (tertiary/aromatic N) is 4. The molecule has 6 heteroatoms. The summed E-state index contributed by atoms with van der Waals surface area (Å²) >= 11 is 2.53. The predicted molar refractivity (Wildman–Crippen MR) is 240 cm³/mol. The van der Waals surface area contributed by atoms with E-state index in [2.05, 4.69) is 221 Å². The van der Waals surface area contributed by atoms with E-state index in [1.54, 1.807) is 0 Å². The van der Waals surface area contributed by atoms with Gasteiger partial charge in [0, 0.05) is 6.20 Å². The summed E-state index contributed by atoms with van der Waals surface area (Å²) in [6, 6.07) is 49.9. The average Bonchev–Trinajstić information content (AvgIpc) is 3.54. The fourth-order valence-corrected chi connectivity index (χ4v) is 9.87. The summed E-state index contributed by atoms with van der Waals surface area (Å²) in [4.78, 5) is 7.22. The third-order valence-corrected chi connectivity index (χ3v) is 13.2. The van der Waals surface area contributed by atoms with Crippen molar-refractivity contribution >= 4 is 22.5 Å². The van der Waals surface area contributed by atoms with Crippen LogP contribution >= 0.6 is 0 Å². The second-order valence-electron chi connectivity index (χ2n) is 16.9. The molecule has 1 unspecified atom stereocenters. The van der Waals surface area contributed by atoms with E-state index in [1.807, 2.05) is 6.20 Å². The van der Waals surface area contributed by atoms with Gasteiger partial charge in [-0.15, -0.1) is 0 Å². The summed E-state index contributed by atoms with van der Waals surface area (Å²) in [5.74, 6) is 3.02. The van der Waals surface area contributed by atoms with Gasteiger partial charge in [-0.3, -0.25) is 0 Å². The molecule has 6 aromatic carbocycles. The number of benzene rings is 6. The fraction of sp³-hybridized carbons (Fsp3) is 0.208. The van der Waals surface area contributed by atoms with Crippen LogP contribution in [0, 0.1) is 24.6 Å². The zero-order valence-corrected chi connectivity index (χ0v) is 37.1. The number of hydrogen-bond donors (Lipinski definition) is 0. The van der Waals surface area contributed by atoms with Crippen LogP contribution in [0.1, 0.15) is 67.9 Å². The summed E-state index contributed by atoms with van der Waals surface area (Å²) < 4.78 is 12.7. The quantitative estimate of drug-likeness (QED) is 0.160. The van der Waals surface area contributed by atoms with Gasteiger partial charge >= 0.3 is 317 Å². The van der Waals surface area contributed by atoms with Crippen molar-refractivity contribution in [2.45, 2.75) is 66.2 Å². The van der Waals surface area contributed by atoms with Crippen LogP contribution in [0.25, 0.3) is 44.7 Å². The van der Waals surface area contributed by atoms with Gasteiger partial charge in [0.2, 0.25) is 0 Å². The van der Waals surface area contributed by atoms with Gasteiger partial charge in [-0.25, -0.2) is 0 Å². The first-order valence-electron chi connectivity index (χ1n) is 20.6. The summed E-state index contributed by atoms with van der Waals surface area (Å²) in [7, 11) is 0. The van der Waals surface area contributed by atoms with Crippen LogP contribution in [0.15, 0.2) is 146 Å². The second-order valence-corrected chi connectivity index (χ2v) is 17.9. The first kappa shape index (κ1) is 38.7. The van der Waals surface area contributed by atoms with Crippen molar-refractivity contribution < 1.29 is 24.1 Å². The van der Waals surface area contributed by atoms with E-state index in [0.717, 1.165) is 56.5 Å². The number of anilines is 2. The zero-order valence-electron chi connectivity index (χ0n) is 34.9. The van der Waals surface area contributed by atoms with Crippen LogP contribution in [0.2, 0.25) is 0 Å². The topological polar surface area (TPSA) is 35.2 Å². The van der Waals surface area contributed by atoms with Gasteiger partial charge < -0.3 is 0 Å². The van der Waals surface area contributed by atoms with Crippen LogP contribution in [-0.2, 0) is 24.8 Å². The number of hydrogen-bond acceptors (Lipinski definition) is 3. The Morgan fingerprint density at radius 3 is 1.90 bits per heavy atom. The third-order valence-electron chi connectivity index (χ3n) is 12.2. The number of para-hydroxylation sites is 2. The first-order valence-corrected chi connectivity index (χ1v) is 21.7. The summed E-state index contributed by atoms with van der Waals surface area (Å²) in [5, 5.41) is 0. The predicted octanol–water partition coefficient (Wildman–Crippen LogP) is 13.9. The van der Waals surface area contributed by atoms with Gasteiger partial charge in [0.15, 0.2) is 0 Å². The monoisotopic (exact) mass is 953 g/mol. The molecule has 0 fully saturated rings. The van der Waals surface area contributed by atoms with Gasteiger partial charge in [0.05, 0.1) is 0 Å². The van der Waals surface area contributed by atoms with Crippen LogP contribution in [0.4, 0.5) is 11.5 Å². The van der Waals surface area contributed by atoms with Crippen molar-refractivity contribution in [3.8, 4) is 45.1 Å². The van der Waals surface area contributed by atoms with E-state index in [4.69, 9.17) is 9.72 Å². The standard InChI is InChI=1S/C53H50N4O.Pt/c1-35-28-30-55(49-31-41(27-29-54-49)53(5,6)7)48-33-44(25-26-45(35)48)58-43-22-16-21-42(32-43)56-34-57(47-24-15-14-23-46(47)56)52-50(39-17-10-8-11-18-39)37(3)36(2)38(4)51(52)40-19-12-9-13-20-40;/h8-27,29,31-33,35H,28,30H2,1-7H3;. The number of rotatable bonds is 7. The van der Waals surface area contributed by atoms with Gasteiger partial charge in [-0.05, 0) is 17.0 Å². The molecule has 0 aliphatic carbocycles. The number of aromatic nitrogens is 3. The SMILES string of the molecule is Cc1c(C)c(-c2ccccc2)c(-n2[c](=[Pt])n(-c3cccc(Oc4ccc5c(c4)N(c4cc(C(C)(C)C)ccn4)CCC5C)c3)c3ccccc32)c(-c2ccccc2)c1C. The molecule has 59 heavy (non-hydrogen) atoms. The van der Waals surface area contributed by atoms with Crippen LogP contribution in [0.3, 0.4) is 0 Å². The maximum absolute atomic E-state index is 6.78. The molecule has 0 amide bonds.